The fraction of sp³-hybridized carbons (Fsp3) is 0.367. The van der Waals surface area contributed by atoms with E-state index in [2.05, 4.69) is 33.8 Å². The molecule has 4 nitrogen and oxygen atoms in total. The first kappa shape index (κ1) is 23.2. The van der Waals surface area contributed by atoms with Crippen LogP contribution in [0.2, 0.25) is 0 Å². The Morgan fingerprint density at radius 2 is 1.34 bits per heavy atom. The number of carbonyl (C=O) groups is 2. The summed E-state index contributed by atoms with van der Waals surface area (Å²) in [5, 5.41) is 9.93. The number of allylic oxidation sites excluding steroid dienone is 4. The van der Waals surface area contributed by atoms with Gasteiger partial charge in [-0.15, -0.1) is 0 Å². The van der Waals surface area contributed by atoms with Crippen LogP contribution in [-0.2, 0) is 9.59 Å². The van der Waals surface area contributed by atoms with E-state index >= 15 is 0 Å². The number of ketones is 2. The van der Waals surface area contributed by atoms with Gasteiger partial charge < -0.3 is 4.90 Å². The lowest BCUT2D eigenvalue weighted by molar-refractivity contribution is -0.119. The summed E-state index contributed by atoms with van der Waals surface area (Å²) >= 11 is 0. The summed E-state index contributed by atoms with van der Waals surface area (Å²) in [4.78, 5) is 29.6. The molecule has 35 heavy (non-hydrogen) atoms. The van der Waals surface area contributed by atoms with Gasteiger partial charge in [0.15, 0.2) is 11.6 Å². The molecule has 5 heteroatoms. The third kappa shape index (κ3) is 3.91. The van der Waals surface area contributed by atoms with Crippen molar-refractivity contribution in [3.8, 4) is 6.07 Å². The molecular formula is C30H29FN2O2. The Labute approximate surface area is 205 Å². The predicted molar refractivity (Wildman–Crippen MR) is 133 cm³/mol. The Hall–Kier alpha value is -3.52. The van der Waals surface area contributed by atoms with Crippen molar-refractivity contribution >= 4 is 17.3 Å². The summed E-state index contributed by atoms with van der Waals surface area (Å²) in [5.74, 6) is -0.869. The Morgan fingerprint density at radius 3 is 1.86 bits per heavy atom. The number of para-hydroxylation sites is 1. The van der Waals surface area contributed by atoms with Crippen molar-refractivity contribution in [1.82, 2.24) is 0 Å². The fourth-order valence-electron chi connectivity index (χ4n) is 6.01. The molecule has 0 spiro atoms. The van der Waals surface area contributed by atoms with Gasteiger partial charge in [0.1, 0.15) is 11.9 Å². The van der Waals surface area contributed by atoms with Crippen LogP contribution < -0.4 is 4.90 Å². The molecule has 0 fully saturated rings. The molecule has 0 N–H and O–H groups in total. The number of anilines is 1. The molecule has 0 aromatic heterocycles. The van der Waals surface area contributed by atoms with Gasteiger partial charge in [0.05, 0.1) is 11.3 Å². The Bertz CT molecular complexity index is 1300. The molecular weight excluding hydrogens is 439 g/mol. The Kier molecular flexibility index (Phi) is 5.32. The third-order valence-electron chi connectivity index (χ3n) is 7.38. The van der Waals surface area contributed by atoms with Gasteiger partial charge in [0.25, 0.3) is 0 Å². The van der Waals surface area contributed by atoms with Crippen molar-refractivity contribution < 1.29 is 14.0 Å². The summed E-state index contributed by atoms with van der Waals surface area (Å²) in [6, 6.07) is 15.8. The maximum atomic E-state index is 13.8. The van der Waals surface area contributed by atoms with Crippen LogP contribution in [0.4, 0.5) is 10.1 Å². The number of hydrogen-bond donors (Lipinski definition) is 0. The summed E-state index contributed by atoms with van der Waals surface area (Å²) in [7, 11) is 0. The first-order chi connectivity index (χ1) is 16.5. The van der Waals surface area contributed by atoms with E-state index in [0.29, 0.717) is 48.1 Å². The smallest absolute Gasteiger partial charge is 0.162 e. The lowest BCUT2D eigenvalue weighted by atomic mass is 9.63. The molecule has 1 aliphatic heterocycles. The van der Waals surface area contributed by atoms with E-state index in [4.69, 9.17) is 0 Å². The van der Waals surface area contributed by atoms with Crippen LogP contribution in [0.1, 0.15) is 70.4 Å². The maximum absolute atomic E-state index is 13.8. The molecule has 0 saturated carbocycles. The van der Waals surface area contributed by atoms with E-state index in [-0.39, 0.29) is 28.2 Å². The van der Waals surface area contributed by atoms with E-state index in [1.54, 1.807) is 18.2 Å². The summed E-state index contributed by atoms with van der Waals surface area (Å²) in [6.45, 7) is 8.32. The van der Waals surface area contributed by atoms with Gasteiger partial charge in [-0.2, -0.15) is 5.26 Å². The fourth-order valence-corrected chi connectivity index (χ4v) is 6.01. The standard InChI is InChI=1S/C30H29FN2O2/c1-29(2)13-22-27(24(34)15-29)26(18-9-11-20(31)12-10-18)28-23(14-30(3,4)16-25(28)35)33(22)21-8-6-5-7-19(21)17-32/h5-12,26H,13-16H2,1-4H3. The second-order valence-electron chi connectivity index (χ2n) is 11.6. The first-order valence-corrected chi connectivity index (χ1v) is 12.1. The number of halogens is 1. The van der Waals surface area contributed by atoms with Crippen molar-refractivity contribution in [3.63, 3.8) is 0 Å². The maximum Gasteiger partial charge on any atom is 0.162 e. The summed E-state index contributed by atoms with van der Waals surface area (Å²) in [5.41, 5.74) is 4.33. The van der Waals surface area contributed by atoms with Crippen molar-refractivity contribution in [2.24, 2.45) is 10.8 Å². The normalized spacial score (nSPS) is 21.5. The molecule has 2 aliphatic carbocycles. The van der Waals surface area contributed by atoms with E-state index in [9.17, 15) is 19.2 Å². The van der Waals surface area contributed by atoms with Gasteiger partial charge >= 0.3 is 0 Å². The van der Waals surface area contributed by atoms with Crippen molar-refractivity contribution in [1.29, 1.82) is 5.26 Å². The first-order valence-electron chi connectivity index (χ1n) is 12.1. The minimum Gasteiger partial charge on any atom is -0.316 e. The summed E-state index contributed by atoms with van der Waals surface area (Å²) in [6.07, 6.45) is 2.02. The number of carbonyl (C=O) groups excluding carboxylic acids is 2. The van der Waals surface area contributed by atoms with Crippen LogP contribution in [0.25, 0.3) is 0 Å². The van der Waals surface area contributed by atoms with E-state index < -0.39 is 5.92 Å². The minimum absolute atomic E-state index is 0.00852. The predicted octanol–water partition coefficient (Wildman–Crippen LogP) is 6.59. The Morgan fingerprint density at radius 1 is 0.829 bits per heavy atom. The molecule has 0 amide bonds. The highest BCUT2D eigenvalue weighted by Gasteiger charge is 2.49. The van der Waals surface area contributed by atoms with Crippen LogP contribution in [0.5, 0.6) is 0 Å². The van der Waals surface area contributed by atoms with Crippen molar-refractivity contribution in [3.05, 3.63) is 88.0 Å². The average Bonchev–Trinajstić information content (AvgIpc) is 2.77. The zero-order chi connectivity index (χ0) is 25.1. The second-order valence-corrected chi connectivity index (χ2v) is 11.6. The van der Waals surface area contributed by atoms with Gasteiger partial charge in [-0.3, -0.25) is 9.59 Å². The van der Waals surface area contributed by atoms with Gasteiger partial charge in [-0.1, -0.05) is 52.0 Å². The molecule has 178 valence electrons. The molecule has 5 rings (SSSR count). The highest BCUT2D eigenvalue weighted by molar-refractivity contribution is 6.08. The molecule has 0 radical (unpaired) electrons. The number of nitriles is 1. The number of rotatable bonds is 2. The zero-order valence-corrected chi connectivity index (χ0v) is 20.6. The molecule has 1 heterocycles. The van der Waals surface area contributed by atoms with E-state index in [1.165, 1.54) is 12.1 Å². The van der Waals surface area contributed by atoms with Crippen LogP contribution in [0.3, 0.4) is 0 Å². The molecule has 3 aliphatic rings. The van der Waals surface area contributed by atoms with Gasteiger partial charge in [0.2, 0.25) is 0 Å². The average molecular weight is 469 g/mol. The van der Waals surface area contributed by atoms with E-state index in [0.717, 1.165) is 17.0 Å². The lowest BCUT2D eigenvalue weighted by Gasteiger charge is -2.49. The summed E-state index contributed by atoms with van der Waals surface area (Å²) < 4.78 is 13.8. The molecule has 2 aromatic rings. The molecule has 0 saturated heterocycles. The topological polar surface area (TPSA) is 61.2 Å². The van der Waals surface area contributed by atoms with Crippen molar-refractivity contribution in [2.45, 2.75) is 59.3 Å². The van der Waals surface area contributed by atoms with Crippen LogP contribution in [0, 0.1) is 28.0 Å². The molecule has 2 aromatic carbocycles. The number of benzene rings is 2. The SMILES string of the molecule is CC1(C)CC(=O)C2=C(C1)N(c1ccccc1C#N)C1=C(C(=O)CC(C)(C)C1)C2c1ccc(F)cc1. The molecule has 0 unspecified atom stereocenters. The quantitative estimate of drug-likeness (QED) is 0.499. The minimum atomic E-state index is -0.529. The van der Waals surface area contributed by atoms with Crippen LogP contribution >= 0.6 is 0 Å². The van der Waals surface area contributed by atoms with Gasteiger partial charge in [0, 0.05) is 41.3 Å². The van der Waals surface area contributed by atoms with Gasteiger partial charge in [-0.05, 0) is 53.5 Å². The highest BCUT2D eigenvalue weighted by Crippen LogP contribution is 2.55. The Balaban J connectivity index is 1.86. The zero-order valence-electron chi connectivity index (χ0n) is 20.6. The van der Waals surface area contributed by atoms with Crippen LogP contribution in [0.15, 0.2) is 71.1 Å². The lowest BCUT2D eigenvalue weighted by Crippen LogP contribution is -2.44. The number of nitrogens with zero attached hydrogens (tertiary/aromatic N) is 2. The molecule has 0 atom stereocenters. The number of Topliss-reactive ketones (excluding diaryl/α,β-unsaturated/α-hetero) is 2. The third-order valence-corrected chi connectivity index (χ3v) is 7.38. The van der Waals surface area contributed by atoms with E-state index in [1.807, 2.05) is 23.1 Å². The second kappa shape index (κ2) is 8.02. The highest BCUT2D eigenvalue weighted by atomic mass is 19.1. The van der Waals surface area contributed by atoms with Gasteiger partial charge in [-0.25, -0.2) is 4.39 Å². The monoisotopic (exact) mass is 468 g/mol. The van der Waals surface area contributed by atoms with Crippen LogP contribution in [-0.4, -0.2) is 11.6 Å². The number of hydrogen-bond acceptors (Lipinski definition) is 4. The largest absolute Gasteiger partial charge is 0.316 e. The molecule has 0 bridgehead atoms. The van der Waals surface area contributed by atoms with Crippen molar-refractivity contribution in [2.75, 3.05) is 4.90 Å².